The Morgan fingerprint density at radius 3 is 2.43 bits per heavy atom. The average molecular weight is 416 g/mol. The Balaban J connectivity index is 1.26. The van der Waals surface area contributed by atoms with Gasteiger partial charge in [0.2, 0.25) is 0 Å². The minimum absolute atomic E-state index is 0.0319. The zero-order chi connectivity index (χ0) is 20.9. The van der Waals surface area contributed by atoms with Gasteiger partial charge in [-0.1, -0.05) is 27.7 Å². The van der Waals surface area contributed by atoms with Gasteiger partial charge in [-0.15, -0.1) is 0 Å². The zero-order valence-electron chi connectivity index (χ0n) is 19.8. The van der Waals surface area contributed by atoms with E-state index >= 15 is 0 Å². The van der Waals surface area contributed by atoms with Crippen LogP contribution < -0.4 is 5.32 Å². The van der Waals surface area contributed by atoms with Crippen molar-refractivity contribution in [2.45, 2.75) is 110 Å². The first-order valence-electron chi connectivity index (χ1n) is 13.4. The second-order valence-corrected chi connectivity index (χ2v) is 13.3. The maximum Gasteiger partial charge on any atom is 0.122 e. The van der Waals surface area contributed by atoms with E-state index < -0.39 is 0 Å². The van der Waals surface area contributed by atoms with Crippen LogP contribution in [0.3, 0.4) is 0 Å². The highest BCUT2D eigenvalue weighted by atomic mass is 16.5. The lowest BCUT2D eigenvalue weighted by Crippen LogP contribution is -2.57. The summed E-state index contributed by atoms with van der Waals surface area (Å²) in [5.41, 5.74) is 0.919. The largest absolute Gasteiger partial charge is 0.393 e. The molecule has 6 fully saturated rings. The van der Waals surface area contributed by atoms with E-state index in [1.807, 2.05) is 0 Å². The van der Waals surface area contributed by atoms with Crippen molar-refractivity contribution in [1.82, 2.24) is 5.32 Å². The summed E-state index contributed by atoms with van der Waals surface area (Å²) >= 11 is 0. The molecule has 0 amide bonds. The molecule has 4 saturated carbocycles. The van der Waals surface area contributed by atoms with Crippen LogP contribution in [0.4, 0.5) is 0 Å². The Kier molecular flexibility index (Phi) is 4.58. The molecular weight excluding hydrogens is 370 g/mol. The number of ether oxygens (including phenoxy) is 1. The average Bonchev–Trinajstić information content (AvgIpc) is 3.16. The van der Waals surface area contributed by atoms with Crippen molar-refractivity contribution in [2.75, 3.05) is 6.54 Å². The summed E-state index contributed by atoms with van der Waals surface area (Å²) in [5.74, 6) is 5.57. The molecule has 1 spiro atoms. The minimum Gasteiger partial charge on any atom is -0.393 e. The summed E-state index contributed by atoms with van der Waals surface area (Å²) in [6.45, 7) is 11.3. The third-order valence-electron chi connectivity index (χ3n) is 12.1. The highest BCUT2D eigenvalue weighted by molar-refractivity contribution is 5.16. The molecule has 30 heavy (non-hydrogen) atoms. The smallest absolute Gasteiger partial charge is 0.122 e. The van der Waals surface area contributed by atoms with E-state index in [-0.39, 0.29) is 11.8 Å². The molecule has 0 aromatic carbocycles. The summed E-state index contributed by atoms with van der Waals surface area (Å²) < 4.78 is 7.01. The Hall–Kier alpha value is -0.120. The van der Waals surface area contributed by atoms with Gasteiger partial charge >= 0.3 is 0 Å². The summed E-state index contributed by atoms with van der Waals surface area (Å²) in [6.07, 6.45) is 13.2. The van der Waals surface area contributed by atoms with Gasteiger partial charge in [0.15, 0.2) is 0 Å². The Labute approximate surface area is 184 Å². The van der Waals surface area contributed by atoms with Crippen molar-refractivity contribution >= 4 is 0 Å². The number of nitrogens with one attached hydrogen (secondary N) is 1. The second kappa shape index (κ2) is 6.70. The minimum atomic E-state index is -0.0320. The molecule has 6 unspecified atom stereocenters. The molecule has 0 bridgehead atoms. The molecule has 2 N–H and O–H groups in total. The number of aliphatic hydroxyl groups excluding tert-OH is 1. The first-order valence-corrected chi connectivity index (χ1v) is 13.4. The summed E-state index contributed by atoms with van der Waals surface area (Å²) in [4.78, 5) is 0. The third kappa shape index (κ3) is 2.61. The molecule has 0 aromatic heterocycles. The predicted molar refractivity (Wildman–Crippen MR) is 120 cm³/mol. The molecule has 6 rings (SSSR count). The second-order valence-electron chi connectivity index (χ2n) is 13.3. The quantitative estimate of drug-likeness (QED) is 0.559. The normalized spacial score (nSPS) is 62.5. The lowest BCUT2D eigenvalue weighted by molar-refractivity contribution is -0.140. The molecule has 170 valence electrons. The molecule has 0 aromatic rings. The van der Waals surface area contributed by atoms with Crippen LogP contribution in [0, 0.1) is 52.3 Å². The highest BCUT2D eigenvalue weighted by Gasteiger charge is 2.68. The van der Waals surface area contributed by atoms with E-state index in [9.17, 15) is 5.11 Å². The zero-order valence-corrected chi connectivity index (χ0v) is 19.8. The topological polar surface area (TPSA) is 41.5 Å². The molecule has 3 nitrogen and oxygen atoms in total. The number of hydrogen-bond donors (Lipinski definition) is 2. The van der Waals surface area contributed by atoms with Crippen LogP contribution >= 0.6 is 0 Å². The fraction of sp³-hybridized carbons (Fsp3) is 1.00. The summed E-state index contributed by atoms with van der Waals surface area (Å²) in [7, 11) is 0. The van der Waals surface area contributed by atoms with Gasteiger partial charge in [-0.3, -0.25) is 5.32 Å². The van der Waals surface area contributed by atoms with Crippen LogP contribution in [-0.2, 0) is 4.74 Å². The van der Waals surface area contributed by atoms with Gasteiger partial charge in [-0.2, -0.15) is 0 Å². The maximum atomic E-state index is 10.3. The van der Waals surface area contributed by atoms with Gasteiger partial charge in [0.25, 0.3) is 0 Å². The van der Waals surface area contributed by atoms with Crippen LogP contribution in [0.15, 0.2) is 0 Å². The van der Waals surface area contributed by atoms with Gasteiger partial charge in [-0.05, 0) is 111 Å². The van der Waals surface area contributed by atoms with Crippen molar-refractivity contribution in [2.24, 2.45) is 52.3 Å². The van der Waals surface area contributed by atoms with Crippen molar-refractivity contribution in [3.63, 3.8) is 0 Å². The SMILES string of the molecule is CC1C2C(CC3[C@@H]4CCC5C[C@H](O)CC[C@]5(C)C4CC[C@]23C)O[C@@]12CC[C@H](C)CN2. The number of rotatable bonds is 0. The number of piperidine rings is 1. The van der Waals surface area contributed by atoms with Crippen LogP contribution in [0.5, 0.6) is 0 Å². The van der Waals surface area contributed by atoms with Crippen molar-refractivity contribution in [3.8, 4) is 0 Å². The molecular formula is C27H45NO2. The molecule has 2 saturated heterocycles. The van der Waals surface area contributed by atoms with Crippen LogP contribution in [0.25, 0.3) is 0 Å². The third-order valence-corrected chi connectivity index (χ3v) is 12.1. The van der Waals surface area contributed by atoms with E-state index in [4.69, 9.17) is 4.74 Å². The standard InChI is InChI=1S/C27H45NO2/c1-16-7-12-27(28-15-16)17(2)24-23(30-27)14-22-20-6-5-18-13-19(29)8-10-25(18,3)21(20)9-11-26(22,24)4/h16-24,28-29H,5-15H2,1-4H3/t16-,17?,18?,19+,20+,21?,22?,23?,24?,25-,26-,27-/m0/s1. The van der Waals surface area contributed by atoms with E-state index in [0.717, 1.165) is 54.9 Å². The van der Waals surface area contributed by atoms with Crippen molar-refractivity contribution < 1.29 is 9.84 Å². The first kappa shape index (κ1) is 20.5. The number of fused-ring (bicyclic) bond motifs is 7. The van der Waals surface area contributed by atoms with Gasteiger partial charge in [0, 0.05) is 12.5 Å². The fourth-order valence-electron chi connectivity index (χ4n) is 10.4. The van der Waals surface area contributed by atoms with Crippen LogP contribution in [0.2, 0.25) is 0 Å². The lowest BCUT2D eigenvalue weighted by atomic mass is 9.44. The molecule has 0 radical (unpaired) electrons. The Bertz CT molecular complexity index is 686. The summed E-state index contributed by atoms with van der Waals surface area (Å²) in [5, 5.41) is 14.2. The summed E-state index contributed by atoms with van der Waals surface area (Å²) in [6, 6.07) is 0. The molecule has 12 atom stereocenters. The van der Waals surface area contributed by atoms with E-state index in [2.05, 4.69) is 33.0 Å². The van der Waals surface area contributed by atoms with Crippen molar-refractivity contribution in [3.05, 3.63) is 0 Å². The number of hydrogen-bond acceptors (Lipinski definition) is 3. The van der Waals surface area contributed by atoms with Gasteiger partial charge < -0.3 is 9.84 Å². The first-order chi connectivity index (χ1) is 14.3. The van der Waals surface area contributed by atoms with Gasteiger partial charge in [0.1, 0.15) is 5.72 Å². The van der Waals surface area contributed by atoms with Crippen molar-refractivity contribution in [1.29, 1.82) is 0 Å². The monoisotopic (exact) mass is 415 g/mol. The molecule has 3 heteroatoms. The van der Waals surface area contributed by atoms with E-state index in [1.54, 1.807) is 0 Å². The van der Waals surface area contributed by atoms with Crippen LogP contribution in [0.1, 0.15) is 91.9 Å². The maximum absolute atomic E-state index is 10.3. The van der Waals surface area contributed by atoms with E-state index in [1.165, 1.54) is 51.4 Å². The predicted octanol–water partition coefficient (Wildman–Crippen LogP) is 5.37. The Morgan fingerprint density at radius 2 is 1.67 bits per heavy atom. The lowest BCUT2D eigenvalue weighted by Gasteiger charge is -2.61. The molecule has 6 aliphatic rings. The van der Waals surface area contributed by atoms with Gasteiger partial charge in [-0.25, -0.2) is 0 Å². The van der Waals surface area contributed by atoms with Crippen LogP contribution in [-0.4, -0.2) is 29.6 Å². The highest BCUT2D eigenvalue weighted by Crippen LogP contribution is 2.71. The molecule has 2 heterocycles. The van der Waals surface area contributed by atoms with E-state index in [0.29, 0.717) is 22.9 Å². The molecule has 2 aliphatic heterocycles. The molecule has 4 aliphatic carbocycles. The fourth-order valence-corrected chi connectivity index (χ4v) is 10.4. The Morgan fingerprint density at radius 1 is 0.867 bits per heavy atom. The van der Waals surface area contributed by atoms with Gasteiger partial charge in [0.05, 0.1) is 12.2 Å². The number of aliphatic hydroxyl groups is 1.